The summed E-state index contributed by atoms with van der Waals surface area (Å²) in [5.74, 6) is 0.945. The van der Waals surface area contributed by atoms with Crippen molar-refractivity contribution >= 4 is 59.6 Å². The second-order valence-electron chi connectivity index (χ2n) is 5.99. The Kier molecular flexibility index (Phi) is 8.03. The van der Waals surface area contributed by atoms with Gasteiger partial charge in [0.1, 0.15) is 10.5 Å². The molecule has 2 aromatic rings. The van der Waals surface area contributed by atoms with Gasteiger partial charge in [-0.1, -0.05) is 60.7 Å². The van der Waals surface area contributed by atoms with E-state index in [0.29, 0.717) is 0 Å². The standard InChI is InChI=1S/C16H26O2SSi4/c1-23(17-20,14-8-13-19)21-18-22(15-9-4-2-5-10-15)16-11-6-3-7-12-16/h2-7,9-12,19,22H,8,13-14,21H2,1,20H3. The molecule has 2 nitrogen and oxygen atoms in total. The summed E-state index contributed by atoms with van der Waals surface area (Å²) in [4.78, 5) is 0. The number of benzene rings is 2. The molecule has 0 radical (unpaired) electrons. The zero-order valence-electron chi connectivity index (χ0n) is 13.9. The predicted octanol–water partition coefficient (Wildman–Crippen LogP) is 0.314. The van der Waals surface area contributed by atoms with Crippen molar-refractivity contribution in [1.82, 2.24) is 0 Å². The molecule has 0 aliphatic carbocycles. The topological polar surface area (TPSA) is 18.5 Å². The molecule has 0 fully saturated rings. The molecular formula is C16H26O2SSi4. The molecule has 0 aliphatic rings. The van der Waals surface area contributed by atoms with E-state index in [-0.39, 0.29) is 0 Å². The minimum absolute atomic E-state index is 0.647. The molecule has 0 N–H and O–H groups in total. The van der Waals surface area contributed by atoms with Gasteiger partial charge in [-0.05, 0) is 35.1 Å². The fourth-order valence-corrected chi connectivity index (χ4v) is 17.5. The molecule has 2 rings (SSSR count). The summed E-state index contributed by atoms with van der Waals surface area (Å²) < 4.78 is 12.7. The van der Waals surface area contributed by atoms with E-state index in [2.05, 4.69) is 79.8 Å². The van der Waals surface area contributed by atoms with Crippen molar-refractivity contribution < 1.29 is 8.23 Å². The molecule has 7 heteroatoms. The van der Waals surface area contributed by atoms with Crippen LogP contribution in [-0.2, 0) is 8.23 Å². The Bertz CT molecular complexity index is 533. The monoisotopic (exact) mass is 394 g/mol. The third-order valence-electron chi connectivity index (χ3n) is 4.12. The summed E-state index contributed by atoms with van der Waals surface area (Å²) in [5, 5.41) is 2.73. The largest absolute Gasteiger partial charge is 0.464 e. The van der Waals surface area contributed by atoms with Gasteiger partial charge in [-0.15, -0.1) is 0 Å². The third-order valence-corrected chi connectivity index (χ3v) is 21.4. The summed E-state index contributed by atoms with van der Waals surface area (Å²) in [6.07, 6.45) is 1.15. The van der Waals surface area contributed by atoms with Crippen molar-refractivity contribution in [2.24, 2.45) is 0 Å². The van der Waals surface area contributed by atoms with Crippen LogP contribution in [-0.4, -0.2) is 42.4 Å². The van der Waals surface area contributed by atoms with Crippen molar-refractivity contribution in [1.29, 1.82) is 0 Å². The van der Waals surface area contributed by atoms with Gasteiger partial charge in [-0.3, -0.25) is 0 Å². The maximum absolute atomic E-state index is 6.68. The van der Waals surface area contributed by atoms with Crippen molar-refractivity contribution in [3.8, 4) is 0 Å². The van der Waals surface area contributed by atoms with Gasteiger partial charge in [0.2, 0.25) is 9.04 Å². The molecule has 0 aromatic heterocycles. The van der Waals surface area contributed by atoms with Crippen LogP contribution in [0.5, 0.6) is 0 Å². The molecule has 0 aliphatic heterocycles. The van der Waals surface area contributed by atoms with Gasteiger partial charge in [-0.25, -0.2) is 0 Å². The van der Waals surface area contributed by atoms with Gasteiger partial charge in [0.15, 0.2) is 17.1 Å². The highest BCUT2D eigenvalue weighted by molar-refractivity contribution is 7.80. The van der Waals surface area contributed by atoms with E-state index < -0.39 is 26.2 Å². The Labute approximate surface area is 153 Å². The third kappa shape index (κ3) is 5.86. The molecule has 0 saturated heterocycles. The van der Waals surface area contributed by atoms with Crippen molar-refractivity contribution in [2.75, 3.05) is 5.75 Å². The van der Waals surface area contributed by atoms with E-state index in [1.807, 2.05) is 0 Å². The van der Waals surface area contributed by atoms with Gasteiger partial charge < -0.3 is 8.23 Å². The van der Waals surface area contributed by atoms with Gasteiger partial charge in [-0.2, -0.15) is 12.6 Å². The number of hydrogen-bond donors (Lipinski definition) is 1. The first-order valence-corrected chi connectivity index (χ1v) is 16.7. The molecule has 1 unspecified atom stereocenters. The Morgan fingerprint density at radius 1 is 1.04 bits per heavy atom. The maximum atomic E-state index is 6.68. The molecule has 0 saturated carbocycles. The van der Waals surface area contributed by atoms with E-state index >= 15 is 0 Å². The van der Waals surface area contributed by atoms with E-state index in [9.17, 15) is 0 Å². The summed E-state index contributed by atoms with van der Waals surface area (Å²) in [7, 11) is -3.02. The molecule has 0 heterocycles. The first-order chi connectivity index (χ1) is 11.2. The van der Waals surface area contributed by atoms with Crippen LogP contribution in [0.15, 0.2) is 60.7 Å². The quantitative estimate of drug-likeness (QED) is 0.488. The minimum atomic E-state index is -1.61. The zero-order chi connectivity index (χ0) is 16.5. The van der Waals surface area contributed by atoms with Crippen LogP contribution < -0.4 is 10.4 Å². The van der Waals surface area contributed by atoms with Crippen LogP contribution in [0.1, 0.15) is 6.42 Å². The average Bonchev–Trinajstić information content (AvgIpc) is 2.62. The van der Waals surface area contributed by atoms with Crippen molar-refractivity contribution in [2.45, 2.75) is 19.0 Å². The molecule has 23 heavy (non-hydrogen) atoms. The van der Waals surface area contributed by atoms with Gasteiger partial charge >= 0.3 is 0 Å². The van der Waals surface area contributed by atoms with E-state index in [1.54, 1.807) is 0 Å². The van der Waals surface area contributed by atoms with Crippen LogP contribution in [0.4, 0.5) is 0 Å². The lowest BCUT2D eigenvalue weighted by Gasteiger charge is -2.28. The average molecular weight is 395 g/mol. The summed E-state index contributed by atoms with van der Waals surface area (Å²) in [6, 6.07) is 22.7. The fourth-order valence-electron chi connectivity index (χ4n) is 2.59. The van der Waals surface area contributed by atoms with Gasteiger partial charge in [0, 0.05) is 0 Å². The van der Waals surface area contributed by atoms with Gasteiger partial charge in [0.25, 0.3) is 0 Å². The van der Waals surface area contributed by atoms with Crippen LogP contribution >= 0.6 is 12.6 Å². The molecular weight excluding hydrogens is 369 g/mol. The number of rotatable bonds is 9. The van der Waals surface area contributed by atoms with E-state index in [0.717, 1.165) is 22.7 Å². The molecule has 124 valence electrons. The number of hydrogen-bond acceptors (Lipinski definition) is 3. The maximum Gasteiger partial charge on any atom is 0.228 e. The summed E-state index contributed by atoms with van der Waals surface area (Å²) in [5.41, 5.74) is 0. The van der Waals surface area contributed by atoms with Crippen molar-refractivity contribution in [3.63, 3.8) is 0 Å². The SMILES string of the molecule is C[Si](CCCS)(O[SiH3])[SiH2]O[SiH](c1ccccc1)c1ccccc1. The van der Waals surface area contributed by atoms with Crippen LogP contribution in [0.25, 0.3) is 0 Å². The van der Waals surface area contributed by atoms with Crippen LogP contribution in [0.3, 0.4) is 0 Å². The molecule has 1 atom stereocenters. The Morgan fingerprint density at radius 3 is 2.00 bits per heavy atom. The van der Waals surface area contributed by atoms with Gasteiger partial charge in [0.05, 0.1) is 0 Å². The first kappa shape index (κ1) is 18.9. The highest BCUT2D eigenvalue weighted by atomic mass is 32.1. The summed E-state index contributed by atoms with van der Waals surface area (Å²) >= 11 is 4.36. The first-order valence-electron chi connectivity index (χ1n) is 8.06. The normalized spacial score (nSPS) is 14.6. The van der Waals surface area contributed by atoms with Crippen molar-refractivity contribution in [3.05, 3.63) is 60.7 Å². The lowest BCUT2D eigenvalue weighted by molar-refractivity contribution is 0.589. The minimum Gasteiger partial charge on any atom is -0.464 e. The predicted molar refractivity (Wildman–Crippen MR) is 115 cm³/mol. The van der Waals surface area contributed by atoms with E-state index in [1.165, 1.54) is 16.4 Å². The second-order valence-corrected chi connectivity index (χ2v) is 20.5. The number of thiol groups is 1. The summed E-state index contributed by atoms with van der Waals surface area (Å²) in [6.45, 7) is 2.36. The molecule has 2 aromatic carbocycles. The highest BCUT2D eigenvalue weighted by Gasteiger charge is 2.30. The smallest absolute Gasteiger partial charge is 0.228 e. The highest BCUT2D eigenvalue weighted by Crippen LogP contribution is 2.13. The second kappa shape index (κ2) is 9.77. The van der Waals surface area contributed by atoms with Crippen LogP contribution in [0.2, 0.25) is 12.6 Å². The molecule has 0 bridgehead atoms. The fraction of sp³-hybridized carbons (Fsp3) is 0.250. The molecule has 0 spiro atoms. The lowest BCUT2D eigenvalue weighted by Crippen LogP contribution is -2.52. The van der Waals surface area contributed by atoms with E-state index in [4.69, 9.17) is 8.23 Å². The zero-order valence-corrected chi connectivity index (χ0v) is 20.4. The van der Waals surface area contributed by atoms with Crippen LogP contribution in [0, 0.1) is 0 Å². The Balaban J connectivity index is 2.16. The lowest BCUT2D eigenvalue weighted by atomic mass is 10.4. The Hall–Kier alpha value is -0.422. The molecule has 0 amide bonds. The Morgan fingerprint density at radius 2 is 1.57 bits per heavy atom.